The molecule has 0 aromatic heterocycles. The SMILES string of the molecule is Cc1ccc(C)c(S(=O)(=O)N2CCCCCC2)c1N. The van der Waals surface area contributed by atoms with Gasteiger partial charge in [0.05, 0.1) is 5.69 Å². The van der Waals surface area contributed by atoms with Crippen molar-refractivity contribution in [3.05, 3.63) is 23.3 Å². The number of benzene rings is 1. The number of hydrogen-bond donors (Lipinski definition) is 1. The van der Waals surface area contributed by atoms with Gasteiger partial charge in [0, 0.05) is 13.1 Å². The molecule has 1 aliphatic rings. The first-order valence-electron chi connectivity index (χ1n) is 6.80. The average molecular weight is 282 g/mol. The van der Waals surface area contributed by atoms with Crippen LogP contribution in [0.25, 0.3) is 0 Å². The van der Waals surface area contributed by atoms with Crippen LogP contribution in [0.15, 0.2) is 17.0 Å². The number of nitrogen functional groups attached to an aromatic ring is 1. The van der Waals surface area contributed by atoms with Crippen molar-refractivity contribution in [1.82, 2.24) is 4.31 Å². The fraction of sp³-hybridized carbons (Fsp3) is 0.571. The molecule has 0 amide bonds. The van der Waals surface area contributed by atoms with Crippen LogP contribution in [0.4, 0.5) is 5.69 Å². The van der Waals surface area contributed by atoms with Crippen molar-refractivity contribution in [2.45, 2.75) is 44.4 Å². The molecule has 0 unspecified atom stereocenters. The second kappa shape index (κ2) is 5.51. The van der Waals surface area contributed by atoms with Crippen molar-refractivity contribution < 1.29 is 8.42 Å². The molecule has 2 rings (SSSR count). The van der Waals surface area contributed by atoms with Crippen molar-refractivity contribution in [2.75, 3.05) is 18.8 Å². The highest BCUT2D eigenvalue weighted by Crippen LogP contribution is 2.29. The largest absolute Gasteiger partial charge is 0.397 e. The van der Waals surface area contributed by atoms with Gasteiger partial charge in [0.15, 0.2) is 0 Å². The van der Waals surface area contributed by atoms with Crippen molar-refractivity contribution in [1.29, 1.82) is 0 Å². The molecule has 2 N–H and O–H groups in total. The lowest BCUT2D eigenvalue weighted by Gasteiger charge is -2.22. The molecule has 0 bridgehead atoms. The Morgan fingerprint density at radius 1 is 1.00 bits per heavy atom. The summed E-state index contributed by atoms with van der Waals surface area (Å²) in [5.41, 5.74) is 7.95. The number of hydrogen-bond acceptors (Lipinski definition) is 3. The summed E-state index contributed by atoms with van der Waals surface area (Å²) in [5.74, 6) is 0. The third kappa shape index (κ3) is 2.77. The van der Waals surface area contributed by atoms with Gasteiger partial charge >= 0.3 is 0 Å². The Morgan fingerprint density at radius 2 is 1.53 bits per heavy atom. The molecule has 0 radical (unpaired) electrons. The number of anilines is 1. The van der Waals surface area contributed by atoms with Crippen LogP contribution in [0.2, 0.25) is 0 Å². The van der Waals surface area contributed by atoms with Crippen molar-refractivity contribution in [3.8, 4) is 0 Å². The Kier molecular flexibility index (Phi) is 4.16. The number of rotatable bonds is 2. The topological polar surface area (TPSA) is 63.4 Å². The molecule has 1 aromatic carbocycles. The fourth-order valence-electron chi connectivity index (χ4n) is 2.56. The minimum absolute atomic E-state index is 0.300. The van der Waals surface area contributed by atoms with Crippen LogP contribution in [-0.2, 0) is 10.0 Å². The van der Waals surface area contributed by atoms with E-state index in [1.54, 1.807) is 11.2 Å². The Bertz CT molecular complexity index is 559. The maximum absolute atomic E-state index is 12.8. The monoisotopic (exact) mass is 282 g/mol. The smallest absolute Gasteiger partial charge is 0.245 e. The van der Waals surface area contributed by atoms with Crippen LogP contribution in [0.3, 0.4) is 0 Å². The van der Waals surface area contributed by atoms with Gasteiger partial charge < -0.3 is 5.73 Å². The van der Waals surface area contributed by atoms with Crippen molar-refractivity contribution >= 4 is 15.7 Å². The average Bonchev–Trinajstić information content (AvgIpc) is 2.63. The molecule has 5 heteroatoms. The minimum atomic E-state index is -3.46. The van der Waals surface area contributed by atoms with Crippen LogP contribution in [0.5, 0.6) is 0 Å². The summed E-state index contributed by atoms with van der Waals surface area (Å²) in [6.07, 6.45) is 4.08. The molecular formula is C14H22N2O2S. The summed E-state index contributed by atoms with van der Waals surface area (Å²) in [6.45, 7) is 4.86. The van der Waals surface area contributed by atoms with Crippen LogP contribution in [0, 0.1) is 13.8 Å². The van der Waals surface area contributed by atoms with Gasteiger partial charge in [-0.2, -0.15) is 4.31 Å². The molecule has 19 heavy (non-hydrogen) atoms. The van der Waals surface area contributed by atoms with Gasteiger partial charge in [-0.25, -0.2) is 8.42 Å². The number of nitrogens with zero attached hydrogens (tertiary/aromatic N) is 1. The lowest BCUT2D eigenvalue weighted by Crippen LogP contribution is -2.33. The van der Waals surface area contributed by atoms with Gasteiger partial charge in [0.1, 0.15) is 4.90 Å². The van der Waals surface area contributed by atoms with E-state index < -0.39 is 10.0 Å². The lowest BCUT2D eigenvalue weighted by molar-refractivity contribution is 0.423. The van der Waals surface area contributed by atoms with Gasteiger partial charge in [-0.1, -0.05) is 25.0 Å². The summed E-state index contributed by atoms with van der Waals surface area (Å²) >= 11 is 0. The summed E-state index contributed by atoms with van der Waals surface area (Å²) < 4.78 is 27.2. The molecule has 1 saturated heterocycles. The molecule has 0 spiro atoms. The molecule has 0 aliphatic carbocycles. The van der Waals surface area contributed by atoms with Crippen LogP contribution >= 0.6 is 0 Å². The van der Waals surface area contributed by atoms with E-state index in [2.05, 4.69) is 0 Å². The quantitative estimate of drug-likeness (QED) is 0.847. The molecule has 0 saturated carbocycles. The highest BCUT2D eigenvalue weighted by atomic mass is 32.2. The third-order valence-corrected chi connectivity index (χ3v) is 5.88. The zero-order chi connectivity index (χ0) is 14.0. The van der Waals surface area contributed by atoms with E-state index in [0.29, 0.717) is 23.7 Å². The number of sulfonamides is 1. The minimum Gasteiger partial charge on any atom is -0.397 e. The first-order chi connectivity index (χ1) is 8.94. The van der Waals surface area contributed by atoms with Crippen molar-refractivity contribution in [3.63, 3.8) is 0 Å². The molecule has 1 heterocycles. The maximum atomic E-state index is 12.8. The fourth-order valence-corrected chi connectivity index (χ4v) is 4.47. The molecule has 106 valence electrons. The molecule has 1 aliphatic heterocycles. The number of nitrogens with two attached hydrogens (primary N) is 1. The van der Waals surface area contributed by atoms with E-state index in [0.717, 1.165) is 36.8 Å². The van der Waals surface area contributed by atoms with Gasteiger partial charge in [0.25, 0.3) is 0 Å². The van der Waals surface area contributed by atoms with Crippen LogP contribution in [-0.4, -0.2) is 25.8 Å². The molecular weight excluding hydrogens is 260 g/mol. The normalized spacial score (nSPS) is 18.2. The van der Waals surface area contributed by atoms with E-state index in [1.807, 2.05) is 19.1 Å². The van der Waals surface area contributed by atoms with Gasteiger partial charge in [-0.15, -0.1) is 0 Å². The summed E-state index contributed by atoms with van der Waals surface area (Å²) in [5, 5.41) is 0. The highest BCUT2D eigenvalue weighted by molar-refractivity contribution is 7.89. The predicted molar refractivity (Wildman–Crippen MR) is 77.6 cm³/mol. The Morgan fingerprint density at radius 3 is 2.11 bits per heavy atom. The lowest BCUT2D eigenvalue weighted by atomic mass is 10.1. The molecule has 1 aromatic rings. The van der Waals surface area contributed by atoms with Gasteiger partial charge in [-0.3, -0.25) is 0 Å². The first-order valence-corrected chi connectivity index (χ1v) is 8.24. The molecule has 4 nitrogen and oxygen atoms in total. The highest BCUT2D eigenvalue weighted by Gasteiger charge is 2.29. The van der Waals surface area contributed by atoms with E-state index >= 15 is 0 Å². The summed E-state index contributed by atoms with van der Waals surface area (Å²) in [4.78, 5) is 0.300. The Hall–Kier alpha value is -1.07. The van der Waals surface area contributed by atoms with E-state index in [4.69, 9.17) is 5.73 Å². The molecule has 0 atom stereocenters. The zero-order valence-electron chi connectivity index (χ0n) is 11.6. The first kappa shape index (κ1) is 14.3. The van der Waals surface area contributed by atoms with E-state index in [9.17, 15) is 8.42 Å². The van der Waals surface area contributed by atoms with Gasteiger partial charge in [-0.05, 0) is 37.8 Å². The molecule has 1 fully saturated rings. The van der Waals surface area contributed by atoms with Crippen LogP contribution in [0.1, 0.15) is 36.8 Å². The van der Waals surface area contributed by atoms with E-state index in [-0.39, 0.29) is 0 Å². The predicted octanol–water partition coefficient (Wildman–Crippen LogP) is 2.45. The zero-order valence-corrected chi connectivity index (χ0v) is 12.5. The number of aryl methyl sites for hydroxylation is 2. The second-order valence-electron chi connectivity index (χ2n) is 5.26. The summed E-state index contributed by atoms with van der Waals surface area (Å²) in [6, 6.07) is 3.70. The summed E-state index contributed by atoms with van der Waals surface area (Å²) in [7, 11) is -3.46. The standard InChI is InChI=1S/C14H22N2O2S/c1-11-7-8-12(2)14(13(11)15)19(17,18)16-9-5-3-4-6-10-16/h7-8H,3-6,9-10,15H2,1-2H3. The third-order valence-electron chi connectivity index (χ3n) is 3.77. The second-order valence-corrected chi connectivity index (χ2v) is 7.14. The van der Waals surface area contributed by atoms with Crippen molar-refractivity contribution in [2.24, 2.45) is 0 Å². The Balaban J connectivity index is 2.47. The maximum Gasteiger partial charge on any atom is 0.245 e. The Labute approximate surface area is 115 Å². The van der Waals surface area contributed by atoms with Gasteiger partial charge in [0.2, 0.25) is 10.0 Å². The van der Waals surface area contributed by atoms with E-state index in [1.165, 1.54) is 0 Å². The van der Waals surface area contributed by atoms with Crippen LogP contribution < -0.4 is 5.73 Å².